The van der Waals surface area contributed by atoms with Crippen LogP contribution in [0.4, 0.5) is 11.4 Å². The molecule has 73 heavy (non-hydrogen) atoms. The highest BCUT2D eigenvalue weighted by Gasteiger charge is 2.42. The van der Waals surface area contributed by atoms with Gasteiger partial charge in [0.15, 0.2) is 0 Å². The van der Waals surface area contributed by atoms with Crippen LogP contribution in [0.1, 0.15) is 11.5 Å². The summed E-state index contributed by atoms with van der Waals surface area (Å²) in [4.78, 5) is 2.59. The Balaban J connectivity index is 0.925. The van der Waals surface area contributed by atoms with E-state index in [2.05, 4.69) is 237 Å². The molecule has 6 nitrogen and oxygen atoms in total. The fourth-order valence-corrected chi connectivity index (χ4v) is 12.3. The van der Waals surface area contributed by atoms with Gasteiger partial charge in [-0.25, -0.2) is 0 Å². The Morgan fingerprint density at radius 1 is 0.397 bits per heavy atom. The fraction of sp³-hybridized carbons (Fsp3) is 0.0448. The van der Waals surface area contributed by atoms with E-state index >= 15 is 0 Å². The number of hydrogen-bond donors (Lipinski definition) is 0. The Labute approximate surface area is 421 Å². The number of anilines is 2. The van der Waals surface area contributed by atoms with Crippen molar-refractivity contribution in [3.8, 4) is 39.8 Å². The van der Waals surface area contributed by atoms with Crippen LogP contribution >= 0.6 is 0 Å². The zero-order valence-corrected chi connectivity index (χ0v) is 39.9. The van der Waals surface area contributed by atoms with Crippen LogP contribution < -0.4 is 14.4 Å². The summed E-state index contributed by atoms with van der Waals surface area (Å²) >= 11 is 0. The molecule has 0 saturated heterocycles. The van der Waals surface area contributed by atoms with Crippen LogP contribution in [0, 0.1) is 0 Å². The van der Waals surface area contributed by atoms with E-state index in [-0.39, 0.29) is 12.0 Å². The number of rotatable bonds is 8. The monoisotopic (exact) mass is 938 g/mol. The lowest BCUT2D eigenvalue weighted by molar-refractivity contribution is 0.415. The van der Waals surface area contributed by atoms with Crippen LogP contribution in [0.2, 0.25) is 0 Å². The Bertz CT molecular complexity index is 4420. The first kappa shape index (κ1) is 41.3. The molecule has 1 aliphatic heterocycles. The molecule has 2 atom stereocenters. The molecule has 346 valence electrons. The quantitative estimate of drug-likeness (QED) is 0.152. The van der Waals surface area contributed by atoms with Gasteiger partial charge in [0.25, 0.3) is 0 Å². The van der Waals surface area contributed by atoms with Crippen molar-refractivity contribution >= 4 is 82.5 Å². The van der Waals surface area contributed by atoms with Crippen molar-refractivity contribution in [1.29, 1.82) is 0 Å². The van der Waals surface area contributed by atoms with Gasteiger partial charge in [0.2, 0.25) is 0 Å². The van der Waals surface area contributed by atoms with Crippen LogP contribution in [0.15, 0.2) is 249 Å². The third kappa shape index (κ3) is 6.23. The minimum Gasteiger partial charge on any atom is -0.497 e. The second-order valence-corrected chi connectivity index (χ2v) is 19.1. The van der Waals surface area contributed by atoms with E-state index in [1.165, 1.54) is 55.0 Å². The summed E-state index contributed by atoms with van der Waals surface area (Å²) in [6.07, 6.45) is 6.98. The maximum atomic E-state index is 6.52. The maximum Gasteiger partial charge on any atom is 0.128 e. The summed E-state index contributed by atoms with van der Waals surface area (Å²) in [6.45, 7) is 0. The predicted molar refractivity (Wildman–Crippen MR) is 302 cm³/mol. The standard InChI is InChI=1S/C67H46N4O2/c1-72-46-35-38-59-53(41-46)49-23-9-13-27-56(49)70(59)63-32-17-31-62-67(63)52-25-11-15-29-58(52)69(62)55-26-12-8-22-48(55)43-34-37-50-54-42-47(73-45-20-6-3-7-21-45)36-39-60(54)71(65(50)40-43)64-33-16-30-61-66(64)51-24-10-14-28-57(51)68(61)44-18-4-2-5-19-44/h2-42,62,67H,1H3. The highest BCUT2D eigenvalue weighted by molar-refractivity contribution is 6.17. The molecular weight excluding hydrogens is 893 g/mol. The molecule has 4 heterocycles. The van der Waals surface area contributed by atoms with Gasteiger partial charge in [-0.1, -0.05) is 140 Å². The van der Waals surface area contributed by atoms with Crippen molar-refractivity contribution in [3.05, 3.63) is 254 Å². The van der Waals surface area contributed by atoms with Gasteiger partial charge in [-0.2, -0.15) is 0 Å². The Hall–Kier alpha value is -9.52. The minimum absolute atomic E-state index is 0.0192. The summed E-state index contributed by atoms with van der Waals surface area (Å²) in [5.74, 6) is 2.52. The molecule has 0 amide bonds. The molecule has 2 unspecified atom stereocenters. The first-order chi connectivity index (χ1) is 36.2. The van der Waals surface area contributed by atoms with E-state index < -0.39 is 0 Å². The van der Waals surface area contributed by atoms with Crippen LogP contribution in [0.3, 0.4) is 0 Å². The largest absolute Gasteiger partial charge is 0.497 e. The topological polar surface area (TPSA) is 36.5 Å². The molecule has 2 aliphatic rings. The van der Waals surface area contributed by atoms with Gasteiger partial charge in [-0.3, -0.25) is 0 Å². The van der Waals surface area contributed by atoms with Gasteiger partial charge < -0.3 is 28.1 Å². The summed E-state index contributed by atoms with van der Waals surface area (Å²) in [5.41, 5.74) is 16.4. The first-order valence-corrected chi connectivity index (χ1v) is 25.0. The van der Waals surface area contributed by atoms with Crippen molar-refractivity contribution in [2.45, 2.75) is 12.0 Å². The van der Waals surface area contributed by atoms with E-state index in [0.29, 0.717) is 0 Å². The van der Waals surface area contributed by atoms with Crippen molar-refractivity contribution in [2.75, 3.05) is 12.0 Å². The average molecular weight is 939 g/mol. The molecule has 10 aromatic carbocycles. The zero-order chi connectivity index (χ0) is 48.1. The maximum absolute atomic E-state index is 6.52. The van der Waals surface area contributed by atoms with Gasteiger partial charge >= 0.3 is 0 Å². The van der Waals surface area contributed by atoms with E-state index in [0.717, 1.165) is 72.8 Å². The van der Waals surface area contributed by atoms with Gasteiger partial charge in [-0.15, -0.1) is 0 Å². The Kier molecular flexibility index (Phi) is 9.20. The smallest absolute Gasteiger partial charge is 0.128 e. The van der Waals surface area contributed by atoms with E-state index in [9.17, 15) is 0 Å². The van der Waals surface area contributed by atoms with Crippen molar-refractivity contribution < 1.29 is 9.47 Å². The molecule has 0 spiro atoms. The van der Waals surface area contributed by atoms with Gasteiger partial charge in [0.1, 0.15) is 17.2 Å². The highest BCUT2D eigenvalue weighted by atomic mass is 16.5. The number of allylic oxidation sites excluding steroid dienone is 2. The Morgan fingerprint density at radius 2 is 1.01 bits per heavy atom. The third-order valence-corrected chi connectivity index (χ3v) is 15.3. The lowest BCUT2D eigenvalue weighted by Gasteiger charge is -2.33. The van der Waals surface area contributed by atoms with Crippen LogP contribution in [0.25, 0.3) is 93.6 Å². The Morgan fingerprint density at radius 3 is 1.84 bits per heavy atom. The molecule has 6 heteroatoms. The highest BCUT2D eigenvalue weighted by Crippen LogP contribution is 2.54. The van der Waals surface area contributed by atoms with Gasteiger partial charge in [0.05, 0.1) is 57.9 Å². The molecule has 1 aliphatic carbocycles. The molecule has 3 aromatic heterocycles. The van der Waals surface area contributed by atoms with Gasteiger partial charge in [-0.05, 0) is 120 Å². The second-order valence-electron chi connectivity index (χ2n) is 19.1. The lowest BCUT2D eigenvalue weighted by atomic mass is 9.87. The first-order valence-electron chi connectivity index (χ1n) is 25.0. The number of methoxy groups -OCH3 is 1. The molecule has 0 N–H and O–H groups in total. The molecular formula is C67H46N4O2. The van der Waals surface area contributed by atoms with Crippen molar-refractivity contribution in [1.82, 2.24) is 13.7 Å². The number of hydrogen-bond acceptors (Lipinski definition) is 3. The SMILES string of the molecule is COc1ccc2c(c1)c1ccccc1n2C1=CC=CC2C1c1ccccc1N2c1ccccc1-c1ccc2c3cc(Oc4ccccc4)ccc3n(-c3cccc4c3c3ccccc3n4-c3ccccc3)c2c1. The van der Waals surface area contributed by atoms with E-state index in [1.807, 2.05) is 30.3 Å². The minimum atomic E-state index is 0.0192. The average Bonchev–Trinajstić information content (AvgIpc) is 4.21. The fourth-order valence-electron chi connectivity index (χ4n) is 12.3. The molecule has 0 radical (unpaired) electrons. The summed E-state index contributed by atoms with van der Waals surface area (Å²) in [7, 11) is 1.74. The van der Waals surface area contributed by atoms with Crippen molar-refractivity contribution in [2.24, 2.45) is 0 Å². The summed E-state index contributed by atoms with van der Waals surface area (Å²) in [6, 6.07) is 83.1. The van der Waals surface area contributed by atoms with Crippen LogP contribution in [-0.4, -0.2) is 26.9 Å². The third-order valence-electron chi connectivity index (χ3n) is 15.3. The normalized spacial score (nSPS) is 15.2. The predicted octanol–water partition coefficient (Wildman–Crippen LogP) is 17.2. The number of nitrogens with zero attached hydrogens (tertiary/aromatic N) is 4. The molecule has 0 fully saturated rings. The number of ether oxygens (including phenoxy) is 2. The van der Waals surface area contributed by atoms with E-state index in [4.69, 9.17) is 9.47 Å². The molecule has 15 rings (SSSR count). The number of benzene rings is 10. The number of aromatic nitrogens is 3. The zero-order valence-electron chi connectivity index (χ0n) is 39.9. The number of fused-ring (bicyclic) bond motifs is 12. The lowest BCUT2D eigenvalue weighted by Crippen LogP contribution is -2.31. The number of para-hydroxylation sites is 6. The summed E-state index contributed by atoms with van der Waals surface area (Å²) in [5, 5.41) is 7.07. The van der Waals surface area contributed by atoms with Crippen LogP contribution in [-0.2, 0) is 0 Å². The van der Waals surface area contributed by atoms with Crippen LogP contribution in [0.5, 0.6) is 17.2 Å². The van der Waals surface area contributed by atoms with E-state index in [1.54, 1.807) is 7.11 Å². The molecule has 0 saturated carbocycles. The molecule has 0 bridgehead atoms. The molecule has 13 aromatic rings. The summed E-state index contributed by atoms with van der Waals surface area (Å²) < 4.78 is 19.6. The van der Waals surface area contributed by atoms with Crippen molar-refractivity contribution in [3.63, 3.8) is 0 Å². The second kappa shape index (κ2) is 16.3. The van der Waals surface area contributed by atoms with Gasteiger partial charge in [0, 0.05) is 60.6 Å².